The van der Waals surface area contributed by atoms with Crippen molar-refractivity contribution in [2.75, 3.05) is 37.7 Å². The van der Waals surface area contributed by atoms with Crippen LogP contribution in [0.4, 0.5) is 0 Å². The van der Waals surface area contributed by atoms with E-state index in [1.54, 1.807) is 84.1 Å². The van der Waals surface area contributed by atoms with Crippen molar-refractivity contribution in [3.63, 3.8) is 0 Å². The highest BCUT2D eigenvalue weighted by Gasteiger charge is 2.39. The van der Waals surface area contributed by atoms with Gasteiger partial charge >= 0.3 is 0 Å². The zero-order valence-corrected chi connectivity index (χ0v) is 65.6. The summed E-state index contributed by atoms with van der Waals surface area (Å²) in [6.45, 7) is 8.07. The van der Waals surface area contributed by atoms with Crippen molar-refractivity contribution in [2.24, 2.45) is 40.7 Å². The van der Waals surface area contributed by atoms with E-state index in [4.69, 9.17) is 28.3 Å². The lowest BCUT2D eigenvalue weighted by Crippen LogP contribution is -2.62. The lowest BCUT2D eigenvalue weighted by molar-refractivity contribution is -0.137. The van der Waals surface area contributed by atoms with Crippen molar-refractivity contribution in [1.82, 2.24) is 74.1 Å². The molecule has 24 N–H and O–H groups in total. The number of para-hydroxylation sites is 1. The maximum absolute atomic E-state index is 15.1. The smallest absolute Gasteiger partial charge is 0.245 e. The molecular weight excluding hydrogens is 1490 g/mol. The van der Waals surface area contributed by atoms with Gasteiger partial charge in [-0.05, 0) is 101 Å². The summed E-state index contributed by atoms with van der Waals surface area (Å²) >= 11 is 0.868. The number of hydrogen-bond donors (Lipinski definition) is 20. The van der Waals surface area contributed by atoms with Crippen LogP contribution in [0, 0.1) is 23.2 Å². The third-order valence-electron chi connectivity index (χ3n) is 19.5. The number of nitrogens with one attached hydrogen (secondary N) is 15. The fourth-order valence-corrected chi connectivity index (χ4v) is 13.8. The largest absolute Gasteiger partial charge is 0.394 e. The molecule has 0 saturated carbocycles. The van der Waals surface area contributed by atoms with E-state index >= 15 is 14.4 Å². The molecule has 6 aromatic rings. The summed E-state index contributed by atoms with van der Waals surface area (Å²) in [7, 11) is 0. The van der Waals surface area contributed by atoms with Gasteiger partial charge in [-0.15, -0.1) is 11.8 Å². The zero-order chi connectivity index (χ0) is 83.3. The van der Waals surface area contributed by atoms with E-state index < -0.39 is 198 Å². The van der Waals surface area contributed by atoms with E-state index in [0.29, 0.717) is 34.0 Å². The molecule has 0 spiro atoms. The van der Waals surface area contributed by atoms with Crippen LogP contribution >= 0.6 is 11.8 Å². The first-order chi connectivity index (χ1) is 54.4. The standard InChI is InChI=1S/C79H107N19O15S/c1-7-44(6)67-78(113)94-60(39-99)69(104)87-38-63(101)88-54(24-16-30-85-79(83)84)70(105)93-59(36-62(81)100)72(107)92-58(35-51-37-86-53-22-13-12-21-52(51)53)75(110)97-65(42(2)3)76(111)90-55(23-14-15-29-80)71(106)91-57(34-46-26-28-48-18-9-11-20-50(48)32-46)74(109)96-66(43(4)5)77(112)95-61(68(82)103)40-114-41-64(102)89-56(73(108)98-67)33-45-25-27-47-17-8-10-19-49(47)31-45/h8-13,17-22,25-28,31-32,37,42-44,54-61,65-67,86,99H,7,14-16,23-24,29-30,33-36,38-41,80H2,1-6H3,(H2,81,100)(H2,82,103)(H,87,104)(H,88,101)(H,89,102)(H,90,111)(H,91,106)(H,92,107)(H,93,105)(H,94,113)(H,95,112)(H,96,109)(H,97,110)(H,98,108)(H4,83,84,85)/t44-,54-,55+,56-,57-,58-,59-,60-,61-,65-,66-,67-/m0/s1. The van der Waals surface area contributed by atoms with Crippen LogP contribution in [0.25, 0.3) is 32.4 Å². The van der Waals surface area contributed by atoms with Crippen LogP contribution in [0.5, 0.6) is 0 Å². The molecule has 1 aliphatic rings. The van der Waals surface area contributed by atoms with E-state index in [1.807, 2.05) is 72.8 Å². The van der Waals surface area contributed by atoms with Crippen molar-refractivity contribution in [3.05, 3.63) is 132 Å². The second-order valence-electron chi connectivity index (χ2n) is 29.0. The number of carbonyl (C=O) groups excluding carboxylic acids is 14. The Morgan fingerprint density at radius 3 is 1.52 bits per heavy atom. The van der Waals surface area contributed by atoms with E-state index in [2.05, 4.69) is 74.1 Å². The molecule has 1 aromatic heterocycles. The first kappa shape index (κ1) is 89.5. The van der Waals surface area contributed by atoms with E-state index in [0.717, 1.165) is 33.3 Å². The number of guanidine groups is 1. The number of aromatic nitrogens is 1. The second-order valence-corrected chi connectivity index (χ2v) is 30.1. The highest BCUT2D eigenvalue weighted by atomic mass is 32.2. The predicted molar refractivity (Wildman–Crippen MR) is 430 cm³/mol. The Labute approximate surface area is 664 Å². The number of thioether (sulfide) groups is 1. The first-order valence-electron chi connectivity index (χ1n) is 38.0. The molecule has 114 heavy (non-hydrogen) atoms. The molecule has 35 heteroatoms. The summed E-state index contributed by atoms with van der Waals surface area (Å²) in [6.07, 6.45) is 0.816. The fraction of sp³-hybridized carbons (Fsp3) is 0.456. The topological polar surface area (TPSA) is 559 Å². The van der Waals surface area contributed by atoms with E-state index in [1.165, 1.54) is 0 Å². The summed E-state index contributed by atoms with van der Waals surface area (Å²) in [5, 5.41) is 56.2. The minimum Gasteiger partial charge on any atom is -0.394 e. The van der Waals surface area contributed by atoms with Crippen molar-refractivity contribution in [1.29, 1.82) is 5.41 Å². The first-order valence-corrected chi connectivity index (χ1v) is 39.2. The Morgan fingerprint density at radius 2 is 0.974 bits per heavy atom. The molecule has 0 radical (unpaired) electrons. The van der Waals surface area contributed by atoms with Gasteiger partial charge in [0.25, 0.3) is 0 Å². The summed E-state index contributed by atoms with van der Waals surface area (Å²) in [6, 6.07) is 15.8. The average molecular weight is 1590 g/mol. The molecule has 5 aromatic carbocycles. The molecule has 614 valence electrons. The quantitative estimate of drug-likeness (QED) is 0.0216. The van der Waals surface area contributed by atoms with Crippen LogP contribution < -0.4 is 92.1 Å². The SMILES string of the molecule is CC[C@H](C)[C@@H]1NC(=O)[C@H](Cc2ccc3ccccc3c2)NC(=O)CSC[C@@H](C(N)=O)NC(=O)[C@H](C(C)C)NC(=O)[C@H](Cc2ccc3ccccc3c2)NC(=O)[C@@H](CCCCN)NC(=O)[C@H](C(C)C)NC(=O)[C@H](Cc2c[nH]c3ccccc23)NC(=O)[C@H](CC(N)=O)NC(=O)[C@H](CCCNC(=N)N)NC(=O)CNC(=O)[C@H](CO)NC1=O. The number of nitrogens with two attached hydrogens (primary N) is 4. The lowest BCUT2D eigenvalue weighted by Gasteiger charge is -2.29. The van der Waals surface area contributed by atoms with Gasteiger partial charge in [0.1, 0.15) is 66.5 Å². The maximum Gasteiger partial charge on any atom is 0.245 e. The number of aliphatic hydroxyl groups is 1. The van der Waals surface area contributed by atoms with Crippen molar-refractivity contribution >= 4 is 133 Å². The van der Waals surface area contributed by atoms with Gasteiger partial charge < -0.3 is 102 Å². The second kappa shape index (κ2) is 43.9. The van der Waals surface area contributed by atoms with Gasteiger partial charge in [0.05, 0.1) is 25.3 Å². The Bertz CT molecular complexity index is 4440. The third kappa shape index (κ3) is 27.0. The maximum atomic E-state index is 15.1. The molecule has 0 unspecified atom stereocenters. The summed E-state index contributed by atoms with van der Waals surface area (Å²) in [5.41, 5.74) is 25.4. The molecular formula is C79H107N19O15S. The molecule has 14 amide bonds. The lowest BCUT2D eigenvalue weighted by atomic mass is 9.96. The number of H-pyrrole nitrogens is 1. The highest BCUT2D eigenvalue weighted by Crippen LogP contribution is 2.23. The Hall–Kier alpha value is -11.7. The monoisotopic (exact) mass is 1590 g/mol. The number of aliphatic hydroxyl groups excluding tert-OH is 1. The average Bonchev–Trinajstić information content (AvgIpc) is 1.61. The van der Waals surface area contributed by atoms with Crippen molar-refractivity contribution in [2.45, 2.75) is 172 Å². The van der Waals surface area contributed by atoms with Gasteiger partial charge in [0, 0.05) is 48.7 Å². The zero-order valence-electron chi connectivity index (χ0n) is 64.7. The number of aromatic amines is 1. The number of benzene rings is 5. The normalized spacial score (nSPS) is 22.9. The van der Waals surface area contributed by atoms with Gasteiger partial charge in [-0.2, -0.15) is 0 Å². The molecule has 0 aliphatic carbocycles. The number of fused-ring (bicyclic) bond motifs is 3. The highest BCUT2D eigenvalue weighted by molar-refractivity contribution is 8.00. The van der Waals surface area contributed by atoms with Gasteiger partial charge in [0.15, 0.2) is 5.96 Å². The Morgan fingerprint density at radius 1 is 0.509 bits per heavy atom. The number of primary amides is 2. The number of amides is 14. The number of carbonyl (C=O) groups is 14. The number of unbranched alkanes of at least 4 members (excludes halogenated alkanes) is 1. The van der Waals surface area contributed by atoms with Gasteiger partial charge in [-0.25, -0.2) is 0 Å². The number of hydrogen-bond acceptors (Lipinski definition) is 18. The summed E-state index contributed by atoms with van der Waals surface area (Å²) in [4.78, 5) is 204. The summed E-state index contributed by atoms with van der Waals surface area (Å²) in [5.74, 6) is -16.6. The Kier molecular flexibility index (Phi) is 34.5. The molecule has 0 bridgehead atoms. The van der Waals surface area contributed by atoms with Crippen molar-refractivity contribution in [3.8, 4) is 0 Å². The number of rotatable bonds is 22. The Balaban J connectivity index is 1.27. The molecule has 1 aliphatic heterocycles. The van der Waals surface area contributed by atoms with E-state index in [-0.39, 0.29) is 70.2 Å². The van der Waals surface area contributed by atoms with E-state index in [9.17, 15) is 57.8 Å². The van der Waals surface area contributed by atoms with Crippen LogP contribution in [-0.4, -0.2) is 203 Å². The van der Waals surface area contributed by atoms with Crippen LogP contribution in [0.1, 0.15) is 103 Å². The third-order valence-corrected chi connectivity index (χ3v) is 20.5. The molecule has 2 heterocycles. The van der Waals surface area contributed by atoms with Gasteiger partial charge in [-0.1, -0.05) is 151 Å². The van der Waals surface area contributed by atoms with Crippen LogP contribution in [-0.2, 0) is 86.4 Å². The van der Waals surface area contributed by atoms with Gasteiger partial charge in [0.2, 0.25) is 82.7 Å². The van der Waals surface area contributed by atoms with Crippen LogP contribution in [0.3, 0.4) is 0 Å². The minimum atomic E-state index is -1.86. The van der Waals surface area contributed by atoms with Crippen LogP contribution in [0.2, 0.25) is 0 Å². The van der Waals surface area contributed by atoms with Crippen molar-refractivity contribution < 1.29 is 72.2 Å². The molecule has 7 rings (SSSR count). The predicted octanol–water partition coefficient (Wildman–Crippen LogP) is -1.20. The molecule has 1 saturated heterocycles. The van der Waals surface area contributed by atoms with Crippen LogP contribution in [0.15, 0.2) is 115 Å². The molecule has 1 fully saturated rings. The summed E-state index contributed by atoms with van der Waals surface area (Å²) < 4.78 is 0. The molecule has 34 nitrogen and oxygen atoms in total. The minimum absolute atomic E-state index is 0.0129. The van der Waals surface area contributed by atoms with Gasteiger partial charge in [-0.3, -0.25) is 72.5 Å². The fourth-order valence-electron chi connectivity index (χ4n) is 12.9. The molecule has 12 atom stereocenters.